The van der Waals surface area contributed by atoms with Crippen LogP contribution in [-0.2, 0) is 14.3 Å². The highest BCUT2D eigenvalue weighted by molar-refractivity contribution is 7.07. The van der Waals surface area contributed by atoms with Gasteiger partial charge in [-0.1, -0.05) is 42.2 Å². The summed E-state index contributed by atoms with van der Waals surface area (Å²) >= 11 is 1.21. The molecule has 1 atom stereocenters. The van der Waals surface area contributed by atoms with E-state index in [1.807, 2.05) is 19.1 Å². The lowest BCUT2D eigenvalue weighted by Gasteiger charge is -2.24. The Labute approximate surface area is 228 Å². The van der Waals surface area contributed by atoms with E-state index in [0.717, 1.165) is 0 Å². The number of fused-ring (bicyclic) bond motifs is 1. The second-order valence-electron chi connectivity index (χ2n) is 8.47. The molecule has 0 bridgehead atoms. The minimum atomic E-state index is -0.753. The molecule has 0 radical (unpaired) electrons. The summed E-state index contributed by atoms with van der Waals surface area (Å²) in [4.78, 5) is 43.4. The highest BCUT2D eigenvalue weighted by Crippen LogP contribution is 2.32. The van der Waals surface area contributed by atoms with Gasteiger partial charge in [-0.15, -0.1) is 0 Å². The molecule has 2 aromatic carbocycles. The van der Waals surface area contributed by atoms with Crippen LogP contribution in [0.3, 0.4) is 0 Å². The molecule has 0 aliphatic carbocycles. The number of aromatic nitrogens is 1. The van der Waals surface area contributed by atoms with Crippen molar-refractivity contribution < 1.29 is 28.5 Å². The van der Waals surface area contributed by atoms with Crippen LogP contribution in [0.1, 0.15) is 37.9 Å². The van der Waals surface area contributed by atoms with Crippen LogP contribution in [0, 0.1) is 0 Å². The number of allylic oxidation sites excluding steroid dienone is 1. The van der Waals surface area contributed by atoms with Gasteiger partial charge in [-0.2, -0.15) is 0 Å². The summed E-state index contributed by atoms with van der Waals surface area (Å²) in [5, 5.41) is 0. The van der Waals surface area contributed by atoms with Gasteiger partial charge in [0.25, 0.3) is 5.56 Å². The van der Waals surface area contributed by atoms with Crippen molar-refractivity contribution in [1.29, 1.82) is 0 Å². The topological polar surface area (TPSA) is 105 Å². The van der Waals surface area contributed by atoms with Gasteiger partial charge in [0.2, 0.25) is 0 Å². The van der Waals surface area contributed by atoms with Crippen LogP contribution < -0.4 is 29.1 Å². The predicted molar refractivity (Wildman–Crippen MR) is 147 cm³/mol. The van der Waals surface area contributed by atoms with E-state index in [0.29, 0.717) is 50.0 Å². The summed E-state index contributed by atoms with van der Waals surface area (Å²) in [5.74, 6) is 0.279. The van der Waals surface area contributed by atoms with Gasteiger partial charge in [-0.05, 0) is 55.3 Å². The summed E-state index contributed by atoms with van der Waals surface area (Å²) in [6.45, 7) is 8.85. The summed E-state index contributed by atoms with van der Waals surface area (Å²) in [5.41, 5.74) is 1.78. The van der Waals surface area contributed by atoms with Crippen LogP contribution in [0.2, 0.25) is 0 Å². The Bertz CT molecular complexity index is 1630. The van der Waals surface area contributed by atoms with Crippen LogP contribution in [0.5, 0.6) is 17.2 Å². The van der Waals surface area contributed by atoms with E-state index in [4.69, 9.17) is 18.9 Å². The number of carbonyl (C=O) groups excluding carboxylic acids is 2. The maximum Gasteiger partial charge on any atom is 0.338 e. The first-order chi connectivity index (χ1) is 18.8. The molecule has 4 rings (SSSR count). The molecule has 1 aromatic heterocycles. The van der Waals surface area contributed by atoms with E-state index in [2.05, 4.69) is 11.6 Å². The molecule has 0 saturated carbocycles. The second kappa shape index (κ2) is 12.0. The average Bonchev–Trinajstić information content (AvgIpc) is 3.22. The number of benzene rings is 2. The van der Waals surface area contributed by atoms with Gasteiger partial charge in [0, 0.05) is 6.92 Å². The fraction of sp³-hybridized carbons (Fsp3) is 0.241. The molecule has 39 heavy (non-hydrogen) atoms. The van der Waals surface area contributed by atoms with Crippen LogP contribution in [0.15, 0.2) is 76.2 Å². The molecule has 1 unspecified atom stereocenters. The van der Waals surface area contributed by atoms with E-state index in [1.165, 1.54) is 28.9 Å². The monoisotopic (exact) mass is 548 g/mol. The van der Waals surface area contributed by atoms with Crippen LogP contribution in [-0.4, -0.2) is 36.8 Å². The van der Waals surface area contributed by atoms with Crippen LogP contribution >= 0.6 is 11.3 Å². The number of methoxy groups -OCH3 is 1. The van der Waals surface area contributed by atoms with Crippen molar-refractivity contribution in [1.82, 2.24) is 4.57 Å². The Kier molecular flexibility index (Phi) is 8.46. The molecule has 0 N–H and O–H groups in total. The molecule has 2 heterocycles. The van der Waals surface area contributed by atoms with Gasteiger partial charge < -0.3 is 18.9 Å². The lowest BCUT2D eigenvalue weighted by molar-refractivity contribution is -0.138. The molecule has 0 saturated heterocycles. The zero-order valence-corrected chi connectivity index (χ0v) is 22.9. The summed E-state index contributed by atoms with van der Waals surface area (Å²) in [7, 11) is 1.57. The van der Waals surface area contributed by atoms with Gasteiger partial charge in [-0.25, -0.2) is 9.79 Å². The molecule has 0 spiro atoms. The second-order valence-corrected chi connectivity index (χ2v) is 9.48. The number of carbonyl (C=O) groups is 2. The minimum absolute atomic E-state index is 0.0286. The normalized spacial score (nSPS) is 14.8. The number of rotatable bonds is 9. The average molecular weight is 549 g/mol. The summed E-state index contributed by atoms with van der Waals surface area (Å²) < 4.78 is 23.4. The third-order valence-corrected chi connectivity index (χ3v) is 6.81. The molecular weight excluding hydrogens is 520 g/mol. The fourth-order valence-corrected chi connectivity index (χ4v) is 5.22. The van der Waals surface area contributed by atoms with E-state index in [9.17, 15) is 14.4 Å². The first-order valence-electron chi connectivity index (χ1n) is 12.2. The Morgan fingerprint density at radius 3 is 2.54 bits per heavy atom. The highest BCUT2D eigenvalue weighted by atomic mass is 32.1. The first-order valence-corrected chi connectivity index (χ1v) is 13.0. The molecule has 3 aromatic rings. The van der Waals surface area contributed by atoms with Crippen molar-refractivity contribution in [3.05, 3.63) is 97.2 Å². The van der Waals surface area contributed by atoms with Gasteiger partial charge in [0.1, 0.15) is 12.4 Å². The molecule has 0 amide bonds. The molecule has 1 aliphatic heterocycles. The van der Waals surface area contributed by atoms with Crippen molar-refractivity contribution in [3.63, 3.8) is 0 Å². The summed E-state index contributed by atoms with van der Waals surface area (Å²) in [6.07, 6.45) is 3.19. The molecule has 0 fully saturated rings. The summed E-state index contributed by atoms with van der Waals surface area (Å²) in [6, 6.07) is 11.4. The van der Waals surface area contributed by atoms with E-state index >= 15 is 0 Å². The maximum atomic E-state index is 13.8. The number of hydrogen-bond donors (Lipinski definition) is 0. The minimum Gasteiger partial charge on any atom is -0.497 e. The van der Waals surface area contributed by atoms with Crippen molar-refractivity contribution in [3.8, 4) is 17.2 Å². The number of hydrogen-bond acceptors (Lipinski definition) is 9. The van der Waals surface area contributed by atoms with Gasteiger partial charge in [0.15, 0.2) is 16.3 Å². The third kappa shape index (κ3) is 5.85. The molecule has 10 heteroatoms. The first kappa shape index (κ1) is 27.6. The number of nitrogens with zero attached hydrogens (tertiary/aromatic N) is 2. The van der Waals surface area contributed by atoms with E-state index in [1.54, 1.807) is 50.4 Å². The van der Waals surface area contributed by atoms with Crippen LogP contribution in [0.25, 0.3) is 6.08 Å². The van der Waals surface area contributed by atoms with Crippen molar-refractivity contribution >= 4 is 29.4 Å². The van der Waals surface area contributed by atoms with Crippen molar-refractivity contribution in [2.45, 2.75) is 26.8 Å². The molecule has 202 valence electrons. The number of thiazole rings is 1. The van der Waals surface area contributed by atoms with E-state index in [-0.39, 0.29) is 17.7 Å². The highest BCUT2D eigenvalue weighted by Gasteiger charge is 2.33. The number of esters is 2. The zero-order chi connectivity index (χ0) is 28.1. The fourth-order valence-electron chi connectivity index (χ4n) is 4.17. The quantitative estimate of drug-likeness (QED) is 0.230. The Morgan fingerprint density at radius 2 is 1.90 bits per heavy atom. The molecular formula is C29H28N2O7S. The van der Waals surface area contributed by atoms with Crippen molar-refractivity contribution in [2.24, 2.45) is 4.99 Å². The smallest absolute Gasteiger partial charge is 0.338 e. The standard InChI is InChI=1S/C29H28N2O7S/c1-6-14-37-28(34)25-17(3)30-29-31(26(25)20-9-11-21(35-5)12-10-20)27(33)24(39-29)16-19-8-13-22(38-18(4)32)23(15-19)36-7-2/h6,8-13,15-16,26H,1,7,14H2,2-5H3/b24-16+. The lowest BCUT2D eigenvalue weighted by atomic mass is 9.96. The molecule has 9 nitrogen and oxygen atoms in total. The maximum absolute atomic E-state index is 13.8. The van der Waals surface area contributed by atoms with E-state index < -0.39 is 18.0 Å². The van der Waals surface area contributed by atoms with Gasteiger partial charge in [-0.3, -0.25) is 14.2 Å². The Hall–Kier alpha value is -4.44. The van der Waals surface area contributed by atoms with Gasteiger partial charge >= 0.3 is 11.9 Å². The third-order valence-electron chi connectivity index (χ3n) is 5.82. The van der Waals surface area contributed by atoms with Gasteiger partial charge in [0.05, 0.1) is 35.6 Å². The number of ether oxygens (including phenoxy) is 4. The van der Waals surface area contributed by atoms with Crippen molar-refractivity contribution in [2.75, 3.05) is 20.3 Å². The Balaban J connectivity index is 1.87. The molecule has 1 aliphatic rings. The predicted octanol–water partition coefficient (Wildman–Crippen LogP) is 3.30. The lowest BCUT2D eigenvalue weighted by Crippen LogP contribution is -2.39. The SMILES string of the molecule is C=CCOC(=O)C1=C(C)N=c2s/c(=C/c3ccc(OC(C)=O)c(OCC)c3)c(=O)n2C1c1ccc(OC)cc1. The largest absolute Gasteiger partial charge is 0.497 e. The Morgan fingerprint density at radius 1 is 1.15 bits per heavy atom. The zero-order valence-electron chi connectivity index (χ0n) is 22.1. The van der Waals surface area contributed by atoms with Crippen LogP contribution in [0.4, 0.5) is 0 Å².